The minimum atomic E-state index is 0.146. The van der Waals surface area contributed by atoms with Crippen molar-refractivity contribution in [1.29, 1.82) is 0 Å². The number of ether oxygens (including phenoxy) is 2. The third-order valence-corrected chi connectivity index (χ3v) is 5.24. The van der Waals surface area contributed by atoms with E-state index in [9.17, 15) is 4.79 Å². The Morgan fingerprint density at radius 3 is 2.91 bits per heavy atom. The Labute approximate surface area is 136 Å². The van der Waals surface area contributed by atoms with E-state index in [1.54, 1.807) is 0 Å². The van der Waals surface area contributed by atoms with Gasteiger partial charge in [-0.25, -0.2) is 0 Å². The first-order chi connectivity index (χ1) is 11.3. The van der Waals surface area contributed by atoms with E-state index in [2.05, 4.69) is 17.4 Å². The van der Waals surface area contributed by atoms with E-state index in [1.165, 1.54) is 5.56 Å². The van der Waals surface area contributed by atoms with Gasteiger partial charge >= 0.3 is 0 Å². The number of carbonyl (C=O) groups is 1. The fourth-order valence-electron chi connectivity index (χ4n) is 3.77. The molecule has 2 heterocycles. The van der Waals surface area contributed by atoms with Crippen molar-refractivity contribution < 1.29 is 14.3 Å². The van der Waals surface area contributed by atoms with Crippen LogP contribution in [0.15, 0.2) is 18.2 Å². The highest BCUT2D eigenvalue weighted by Crippen LogP contribution is 2.50. The van der Waals surface area contributed by atoms with Gasteiger partial charge in [0, 0.05) is 25.0 Å². The van der Waals surface area contributed by atoms with Crippen molar-refractivity contribution in [2.24, 2.45) is 5.92 Å². The van der Waals surface area contributed by atoms with Crippen molar-refractivity contribution in [3.8, 4) is 11.5 Å². The van der Waals surface area contributed by atoms with Crippen molar-refractivity contribution in [2.45, 2.75) is 31.2 Å². The molecule has 1 aromatic rings. The Bertz CT molecular complexity index is 604. The van der Waals surface area contributed by atoms with E-state index in [1.807, 2.05) is 18.0 Å². The smallest absolute Gasteiger partial charge is 0.226 e. The summed E-state index contributed by atoms with van der Waals surface area (Å²) < 4.78 is 11.2. The van der Waals surface area contributed by atoms with E-state index >= 15 is 0 Å². The quantitative estimate of drug-likeness (QED) is 0.923. The summed E-state index contributed by atoms with van der Waals surface area (Å²) in [6.45, 7) is 2.96. The summed E-state index contributed by atoms with van der Waals surface area (Å²) in [6.07, 6.45) is 3.22. The Hall–Kier alpha value is -1.75. The summed E-state index contributed by atoms with van der Waals surface area (Å²) in [6, 6.07) is 6.55. The lowest BCUT2D eigenvalue weighted by Gasteiger charge is -2.32. The second-order valence-electron chi connectivity index (χ2n) is 6.76. The summed E-state index contributed by atoms with van der Waals surface area (Å²) in [4.78, 5) is 14.8. The first-order valence-corrected chi connectivity index (χ1v) is 8.62. The van der Waals surface area contributed by atoms with Gasteiger partial charge in [0.25, 0.3) is 0 Å². The van der Waals surface area contributed by atoms with Gasteiger partial charge in [0.15, 0.2) is 11.5 Å². The predicted octanol–water partition coefficient (Wildman–Crippen LogP) is 1.77. The fraction of sp³-hybridized carbons (Fsp3) is 0.611. The molecule has 0 bridgehead atoms. The monoisotopic (exact) mass is 316 g/mol. The van der Waals surface area contributed by atoms with Crippen LogP contribution in [0.2, 0.25) is 0 Å². The van der Waals surface area contributed by atoms with Crippen molar-refractivity contribution in [2.75, 3.05) is 33.4 Å². The number of hydrogen-bond acceptors (Lipinski definition) is 4. The number of piperidine rings is 1. The largest absolute Gasteiger partial charge is 0.486 e. The van der Waals surface area contributed by atoms with Gasteiger partial charge in [0.1, 0.15) is 13.2 Å². The molecule has 0 spiro atoms. The average molecular weight is 316 g/mol. The number of nitrogens with zero attached hydrogens (tertiary/aromatic N) is 1. The maximum absolute atomic E-state index is 12.7. The standard InChI is InChI=1S/C18H24N2O3/c1-19-13-3-2-6-20(11-13)18(21)15-10-14(15)12-4-5-16-17(9-12)23-8-7-22-16/h4-5,9,13-15,19H,2-3,6-8,10-11H2,1H3. The highest BCUT2D eigenvalue weighted by atomic mass is 16.6. The number of carbonyl (C=O) groups excluding carboxylic acids is 1. The number of likely N-dealkylation sites (tertiary alicyclic amines) is 1. The number of rotatable bonds is 3. The number of hydrogen-bond donors (Lipinski definition) is 1. The molecule has 1 saturated carbocycles. The molecule has 3 aliphatic rings. The SMILES string of the molecule is CNC1CCCN(C(=O)C2CC2c2ccc3c(c2)OCCO3)C1. The molecular weight excluding hydrogens is 292 g/mol. The molecule has 23 heavy (non-hydrogen) atoms. The summed E-state index contributed by atoms with van der Waals surface area (Å²) in [5.74, 6) is 2.45. The number of benzene rings is 1. The van der Waals surface area contributed by atoms with Gasteiger partial charge in [-0.2, -0.15) is 0 Å². The molecule has 2 fully saturated rings. The van der Waals surface area contributed by atoms with Crippen LogP contribution >= 0.6 is 0 Å². The second kappa shape index (κ2) is 6.04. The lowest BCUT2D eigenvalue weighted by atomic mass is 10.0. The zero-order valence-corrected chi connectivity index (χ0v) is 13.6. The van der Waals surface area contributed by atoms with E-state index in [4.69, 9.17) is 9.47 Å². The number of nitrogens with one attached hydrogen (secondary N) is 1. The molecule has 3 atom stereocenters. The molecule has 3 unspecified atom stereocenters. The molecule has 124 valence electrons. The molecule has 2 aliphatic heterocycles. The summed E-state index contributed by atoms with van der Waals surface area (Å²) in [5.41, 5.74) is 1.20. The molecule has 0 aromatic heterocycles. The lowest BCUT2D eigenvalue weighted by Crippen LogP contribution is -2.47. The van der Waals surface area contributed by atoms with Crippen molar-refractivity contribution in [1.82, 2.24) is 10.2 Å². The Kier molecular flexibility index (Phi) is 3.89. The van der Waals surface area contributed by atoms with Crippen LogP contribution in [0.25, 0.3) is 0 Å². The molecule has 1 N–H and O–H groups in total. The predicted molar refractivity (Wildman–Crippen MR) is 86.9 cm³/mol. The van der Waals surface area contributed by atoms with Gasteiger partial charge in [0.2, 0.25) is 5.91 Å². The molecule has 4 rings (SSSR count). The highest BCUT2D eigenvalue weighted by molar-refractivity contribution is 5.83. The van der Waals surface area contributed by atoms with Crippen LogP contribution in [0, 0.1) is 5.92 Å². The van der Waals surface area contributed by atoms with Crippen molar-refractivity contribution >= 4 is 5.91 Å². The molecule has 1 amide bonds. The third kappa shape index (κ3) is 2.90. The van der Waals surface area contributed by atoms with Crippen LogP contribution in [0.5, 0.6) is 11.5 Å². The van der Waals surface area contributed by atoms with Gasteiger partial charge in [0.05, 0.1) is 0 Å². The Morgan fingerprint density at radius 2 is 2.09 bits per heavy atom. The van der Waals surface area contributed by atoms with E-state index in [0.717, 1.165) is 43.9 Å². The minimum absolute atomic E-state index is 0.146. The van der Waals surface area contributed by atoms with Gasteiger partial charge in [-0.3, -0.25) is 4.79 Å². The Morgan fingerprint density at radius 1 is 1.26 bits per heavy atom. The van der Waals surface area contributed by atoms with E-state index in [0.29, 0.717) is 31.1 Å². The van der Waals surface area contributed by atoms with Gasteiger partial charge in [-0.05, 0) is 49.9 Å². The molecule has 0 radical (unpaired) electrons. The summed E-state index contributed by atoms with van der Waals surface area (Å²) in [7, 11) is 1.98. The first kappa shape index (κ1) is 14.8. The normalized spacial score (nSPS) is 29.3. The molecule has 1 aliphatic carbocycles. The van der Waals surface area contributed by atoms with Crippen molar-refractivity contribution in [3.63, 3.8) is 0 Å². The maximum atomic E-state index is 12.7. The highest BCUT2D eigenvalue weighted by Gasteiger charge is 2.46. The zero-order chi connectivity index (χ0) is 15.8. The van der Waals surface area contributed by atoms with Crippen LogP contribution in [0.4, 0.5) is 0 Å². The first-order valence-electron chi connectivity index (χ1n) is 8.62. The zero-order valence-electron chi connectivity index (χ0n) is 13.6. The fourth-order valence-corrected chi connectivity index (χ4v) is 3.77. The average Bonchev–Trinajstić information content (AvgIpc) is 3.41. The molecule has 1 saturated heterocycles. The van der Waals surface area contributed by atoms with E-state index in [-0.39, 0.29) is 5.92 Å². The number of amides is 1. The van der Waals surface area contributed by atoms with Gasteiger partial charge in [-0.1, -0.05) is 6.07 Å². The Balaban J connectivity index is 1.42. The number of fused-ring (bicyclic) bond motifs is 1. The molecular formula is C18H24N2O3. The third-order valence-electron chi connectivity index (χ3n) is 5.24. The van der Waals surface area contributed by atoms with Crippen molar-refractivity contribution in [3.05, 3.63) is 23.8 Å². The van der Waals surface area contributed by atoms with E-state index < -0.39 is 0 Å². The second-order valence-corrected chi connectivity index (χ2v) is 6.76. The molecule has 1 aromatic carbocycles. The van der Waals surface area contributed by atoms with Gasteiger partial charge < -0.3 is 19.7 Å². The summed E-state index contributed by atoms with van der Waals surface area (Å²) >= 11 is 0. The topological polar surface area (TPSA) is 50.8 Å². The van der Waals surface area contributed by atoms with Gasteiger partial charge in [-0.15, -0.1) is 0 Å². The van der Waals surface area contributed by atoms with Crippen LogP contribution in [0.1, 0.15) is 30.7 Å². The van der Waals surface area contributed by atoms with Crippen LogP contribution in [0.3, 0.4) is 0 Å². The maximum Gasteiger partial charge on any atom is 0.226 e. The number of likely N-dealkylation sites (N-methyl/N-ethyl adjacent to an activating group) is 1. The molecule has 5 nitrogen and oxygen atoms in total. The molecule has 5 heteroatoms. The lowest BCUT2D eigenvalue weighted by molar-refractivity contribution is -0.134. The van der Waals surface area contributed by atoms with Crippen LogP contribution in [-0.2, 0) is 4.79 Å². The minimum Gasteiger partial charge on any atom is -0.486 e. The summed E-state index contributed by atoms with van der Waals surface area (Å²) in [5, 5.41) is 3.30. The van der Waals surface area contributed by atoms with Crippen LogP contribution in [-0.4, -0.2) is 50.2 Å². The van der Waals surface area contributed by atoms with Crippen LogP contribution < -0.4 is 14.8 Å².